The number of hydrogen-bond donors (Lipinski definition) is 2. The van der Waals surface area contributed by atoms with Gasteiger partial charge in [0, 0.05) is 26.2 Å². The van der Waals surface area contributed by atoms with Crippen LogP contribution in [0.3, 0.4) is 0 Å². The summed E-state index contributed by atoms with van der Waals surface area (Å²) in [6.07, 6.45) is 0.150. The normalized spacial score (nSPS) is 22.4. The van der Waals surface area contributed by atoms with E-state index in [1.807, 2.05) is 6.07 Å². The number of nitrogens with zero attached hydrogens (tertiary/aromatic N) is 1. The Bertz CT molecular complexity index is 1070. The first-order valence-electron chi connectivity index (χ1n) is 9.30. The van der Waals surface area contributed by atoms with Crippen molar-refractivity contribution in [1.82, 2.24) is 9.62 Å². The fraction of sp³-hybridized carbons (Fsp3) is 0.350. The molecule has 2 atom stereocenters. The van der Waals surface area contributed by atoms with Gasteiger partial charge >= 0.3 is 5.97 Å². The molecule has 2 N–H and O–H groups in total. The molecular formula is C20H20Cl2N2O4S. The van der Waals surface area contributed by atoms with Crippen molar-refractivity contribution >= 4 is 39.2 Å². The van der Waals surface area contributed by atoms with Crippen molar-refractivity contribution in [2.45, 2.75) is 11.7 Å². The van der Waals surface area contributed by atoms with Gasteiger partial charge in [-0.15, -0.1) is 0 Å². The van der Waals surface area contributed by atoms with Crippen LogP contribution < -0.4 is 5.32 Å². The molecule has 154 valence electrons. The second-order valence-corrected chi connectivity index (χ2v) is 10.1. The van der Waals surface area contributed by atoms with E-state index in [2.05, 4.69) is 5.32 Å². The van der Waals surface area contributed by atoms with Crippen molar-refractivity contribution in [2.75, 3.05) is 26.2 Å². The number of fused-ring (bicyclic) bond motifs is 1. The van der Waals surface area contributed by atoms with E-state index in [0.29, 0.717) is 41.8 Å². The molecule has 1 aliphatic carbocycles. The maximum absolute atomic E-state index is 13.4. The largest absolute Gasteiger partial charge is 0.481 e. The zero-order valence-electron chi connectivity index (χ0n) is 15.4. The number of benzene rings is 2. The Kier molecular flexibility index (Phi) is 5.61. The Morgan fingerprint density at radius 1 is 1.10 bits per heavy atom. The molecule has 9 heteroatoms. The molecule has 0 radical (unpaired) electrons. The highest BCUT2D eigenvalue weighted by Gasteiger charge is 2.48. The standard InChI is InChI=1S/C20H20Cl2N2O4S/c21-17-5-4-12(10-18(17)22)13-2-1-3-14-15(13)11-16(20(25)26)19(14)29(27,28)24-8-6-23-7-9-24/h1-5,10,16,19,23H,6-9,11H2,(H,25,26). The van der Waals surface area contributed by atoms with Gasteiger partial charge in [0.1, 0.15) is 5.25 Å². The van der Waals surface area contributed by atoms with Crippen molar-refractivity contribution in [1.29, 1.82) is 0 Å². The van der Waals surface area contributed by atoms with Crippen LogP contribution in [0.25, 0.3) is 11.1 Å². The van der Waals surface area contributed by atoms with Crippen LogP contribution >= 0.6 is 23.2 Å². The molecule has 2 aliphatic rings. The number of aliphatic carboxylic acids is 1. The molecule has 4 rings (SSSR count). The molecule has 1 saturated heterocycles. The van der Waals surface area contributed by atoms with Crippen molar-refractivity contribution in [2.24, 2.45) is 5.92 Å². The molecule has 2 aromatic rings. The topological polar surface area (TPSA) is 86.7 Å². The van der Waals surface area contributed by atoms with E-state index in [1.54, 1.807) is 30.3 Å². The number of piperazine rings is 1. The van der Waals surface area contributed by atoms with Gasteiger partial charge in [0.25, 0.3) is 0 Å². The third kappa shape index (κ3) is 3.66. The number of carbonyl (C=O) groups is 1. The predicted octanol–water partition coefficient (Wildman–Crippen LogP) is 3.19. The van der Waals surface area contributed by atoms with Gasteiger partial charge in [-0.2, -0.15) is 4.31 Å². The van der Waals surface area contributed by atoms with Crippen LogP contribution in [-0.4, -0.2) is 50.0 Å². The lowest BCUT2D eigenvalue weighted by molar-refractivity contribution is -0.141. The minimum Gasteiger partial charge on any atom is -0.481 e. The van der Waals surface area contributed by atoms with Crippen LogP contribution in [-0.2, 0) is 21.2 Å². The molecule has 0 spiro atoms. The summed E-state index contributed by atoms with van der Waals surface area (Å²) in [4.78, 5) is 12.0. The first-order chi connectivity index (χ1) is 13.8. The average Bonchev–Trinajstić information content (AvgIpc) is 3.11. The zero-order valence-corrected chi connectivity index (χ0v) is 17.8. The number of halogens is 2. The molecule has 6 nitrogen and oxygen atoms in total. The highest BCUT2D eigenvalue weighted by Crippen LogP contribution is 2.46. The second kappa shape index (κ2) is 7.89. The van der Waals surface area contributed by atoms with Crippen LogP contribution in [0.15, 0.2) is 36.4 Å². The Morgan fingerprint density at radius 2 is 1.83 bits per heavy atom. The Hall–Kier alpha value is -1.64. The van der Waals surface area contributed by atoms with Gasteiger partial charge in [0.05, 0.1) is 16.0 Å². The summed E-state index contributed by atoms with van der Waals surface area (Å²) in [5, 5.41) is 12.7. The Morgan fingerprint density at radius 3 is 2.48 bits per heavy atom. The van der Waals surface area contributed by atoms with Crippen molar-refractivity contribution in [3.05, 3.63) is 57.6 Å². The maximum Gasteiger partial charge on any atom is 0.308 e. The number of carboxylic acid groups (broad SMARTS) is 1. The molecule has 2 unspecified atom stereocenters. The van der Waals surface area contributed by atoms with E-state index in [-0.39, 0.29) is 6.42 Å². The summed E-state index contributed by atoms with van der Waals surface area (Å²) in [5.74, 6) is -2.14. The summed E-state index contributed by atoms with van der Waals surface area (Å²) >= 11 is 12.2. The summed E-state index contributed by atoms with van der Waals surface area (Å²) in [6.45, 7) is 1.79. The lowest BCUT2D eigenvalue weighted by Gasteiger charge is -2.31. The maximum atomic E-state index is 13.4. The summed E-state index contributed by atoms with van der Waals surface area (Å²) in [7, 11) is -3.82. The Balaban J connectivity index is 1.83. The molecular weight excluding hydrogens is 435 g/mol. The quantitative estimate of drug-likeness (QED) is 0.740. The van der Waals surface area contributed by atoms with Gasteiger partial charge in [0.15, 0.2) is 0 Å². The number of sulfonamides is 1. The molecule has 0 amide bonds. The molecule has 0 aromatic heterocycles. The SMILES string of the molecule is O=C(O)C1Cc2c(-c3ccc(Cl)c(Cl)c3)cccc2C1S(=O)(=O)N1CCNCC1. The second-order valence-electron chi connectivity index (χ2n) is 7.27. The van der Waals surface area contributed by atoms with Gasteiger partial charge in [0.2, 0.25) is 10.0 Å². The van der Waals surface area contributed by atoms with Gasteiger partial charge < -0.3 is 10.4 Å². The van der Waals surface area contributed by atoms with E-state index in [1.165, 1.54) is 4.31 Å². The fourth-order valence-corrected chi connectivity index (χ4v) is 6.70. The predicted molar refractivity (Wildman–Crippen MR) is 113 cm³/mol. The molecule has 0 bridgehead atoms. The van der Waals surface area contributed by atoms with Crippen molar-refractivity contribution in [3.8, 4) is 11.1 Å². The van der Waals surface area contributed by atoms with Crippen molar-refractivity contribution in [3.63, 3.8) is 0 Å². The van der Waals surface area contributed by atoms with Crippen LogP contribution in [0.4, 0.5) is 0 Å². The van der Waals surface area contributed by atoms with Crippen LogP contribution in [0.2, 0.25) is 10.0 Å². The first-order valence-corrected chi connectivity index (χ1v) is 11.6. The molecule has 1 heterocycles. The monoisotopic (exact) mass is 454 g/mol. The summed E-state index contributed by atoms with van der Waals surface area (Å²) in [5.41, 5.74) is 2.85. The molecule has 1 aliphatic heterocycles. The average molecular weight is 455 g/mol. The minimum atomic E-state index is -3.82. The third-order valence-electron chi connectivity index (χ3n) is 5.61. The minimum absolute atomic E-state index is 0.150. The summed E-state index contributed by atoms with van der Waals surface area (Å²) in [6, 6.07) is 10.5. The Labute approximate surface area is 179 Å². The highest BCUT2D eigenvalue weighted by atomic mass is 35.5. The summed E-state index contributed by atoms with van der Waals surface area (Å²) < 4.78 is 28.2. The number of rotatable bonds is 4. The van der Waals surface area contributed by atoms with Gasteiger partial charge in [-0.25, -0.2) is 8.42 Å². The molecule has 0 saturated carbocycles. The molecule has 29 heavy (non-hydrogen) atoms. The number of carboxylic acids is 1. The fourth-order valence-electron chi connectivity index (χ4n) is 4.22. The zero-order chi connectivity index (χ0) is 20.8. The third-order valence-corrected chi connectivity index (χ3v) is 8.66. The first kappa shape index (κ1) is 20.6. The highest BCUT2D eigenvalue weighted by molar-refractivity contribution is 7.89. The van der Waals surface area contributed by atoms with E-state index < -0.39 is 27.2 Å². The van der Waals surface area contributed by atoms with Crippen LogP contribution in [0.1, 0.15) is 16.4 Å². The van der Waals surface area contributed by atoms with Crippen LogP contribution in [0, 0.1) is 5.92 Å². The van der Waals surface area contributed by atoms with Gasteiger partial charge in [-0.3, -0.25) is 4.79 Å². The lowest BCUT2D eigenvalue weighted by Crippen LogP contribution is -2.48. The van der Waals surface area contributed by atoms with Crippen LogP contribution in [0.5, 0.6) is 0 Å². The number of nitrogens with one attached hydrogen (secondary N) is 1. The van der Waals surface area contributed by atoms with E-state index >= 15 is 0 Å². The van der Waals surface area contributed by atoms with E-state index in [0.717, 1.165) is 16.7 Å². The molecule has 2 aromatic carbocycles. The lowest BCUT2D eigenvalue weighted by atomic mass is 9.96. The van der Waals surface area contributed by atoms with Gasteiger partial charge in [-0.05, 0) is 40.8 Å². The van der Waals surface area contributed by atoms with E-state index in [9.17, 15) is 18.3 Å². The smallest absolute Gasteiger partial charge is 0.308 e. The van der Waals surface area contributed by atoms with E-state index in [4.69, 9.17) is 23.2 Å². The molecule has 1 fully saturated rings. The van der Waals surface area contributed by atoms with Crippen molar-refractivity contribution < 1.29 is 18.3 Å². The number of hydrogen-bond acceptors (Lipinski definition) is 4. The van der Waals surface area contributed by atoms with Gasteiger partial charge in [-0.1, -0.05) is 47.5 Å².